The van der Waals surface area contributed by atoms with E-state index < -0.39 is 6.04 Å². The summed E-state index contributed by atoms with van der Waals surface area (Å²) < 4.78 is 5.43. The first-order valence-corrected chi connectivity index (χ1v) is 6.96. The van der Waals surface area contributed by atoms with Crippen molar-refractivity contribution >= 4 is 18.3 Å². The minimum absolute atomic E-state index is 0. The van der Waals surface area contributed by atoms with Crippen LogP contribution in [0.15, 0.2) is 0 Å². The molecule has 0 bridgehead atoms. The van der Waals surface area contributed by atoms with Crippen molar-refractivity contribution in [2.45, 2.75) is 46.1 Å². The van der Waals surface area contributed by atoms with Crippen LogP contribution in [0.4, 0.5) is 0 Å². The van der Waals surface area contributed by atoms with Gasteiger partial charge in [-0.1, -0.05) is 20.8 Å². The highest BCUT2D eigenvalue weighted by Gasteiger charge is 2.43. The molecule has 4 nitrogen and oxygen atoms in total. The van der Waals surface area contributed by atoms with E-state index in [2.05, 4.69) is 0 Å². The zero-order valence-corrected chi connectivity index (χ0v) is 13.1. The van der Waals surface area contributed by atoms with Crippen molar-refractivity contribution in [3.63, 3.8) is 0 Å². The Kier molecular flexibility index (Phi) is 5.27. The molecular weight excluding hydrogens is 264 g/mol. The molecule has 0 saturated carbocycles. The van der Waals surface area contributed by atoms with Gasteiger partial charge in [-0.3, -0.25) is 4.79 Å². The monoisotopic (exact) mass is 290 g/mol. The minimum Gasteiger partial charge on any atom is -0.381 e. The summed E-state index contributed by atoms with van der Waals surface area (Å²) in [6, 6.07) is -0.396. The van der Waals surface area contributed by atoms with Gasteiger partial charge in [0.2, 0.25) is 5.91 Å². The smallest absolute Gasteiger partial charge is 0.240 e. The molecule has 0 aromatic rings. The molecule has 2 heterocycles. The fraction of sp³-hybridized carbons (Fsp3) is 0.929. The number of hydrogen-bond donors (Lipinski definition) is 1. The molecule has 19 heavy (non-hydrogen) atoms. The van der Waals surface area contributed by atoms with Crippen LogP contribution < -0.4 is 5.73 Å². The number of likely N-dealkylation sites (tertiary alicyclic amines) is 1. The Morgan fingerprint density at radius 2 is 1.84 bits per heavy atom. The van der Waals surface area contributed by atoms with Gasteiger partial charge in [0.25, 0.3) is 0 Å². The van der Waals surface area contributed by atoms with Gasteiger partial charge >= 0.3 is 0 Å². The fourth-order valence-electron chi connectivity index (χ4n) is 2.90. The Bertz CT molecular complexity index is 322. The molecule has 5 heteroatoms. The number of carbonyl (C=O) groups is 1. The summed E-state index contributed by atoms with van der Waals surface area (Å²) >= 11 is 0. The number of halogens is 1. The summed E-state index contributed by atoms with van der Waals surface area (Å²) in [5.74, 6) is 0.117. The van der Waals surface area contributed by atoms with Gasteiger partial charge in [0.1, 0.15) is 0 Å². The first-order chi connectivity index (χ1) is 8.34. The molecule has 2 saturated heterocycles. The topological polar surface area (TPSA) is 55.6 Å². The standard InChI is InChI=1S/C14H26N2O2.ClH/c1-13(2,3)11(15)12(17)16-7-4-14(10-16)5-8-18-9-6-14;/h11H,4-10,15H2,1-3H3;1H/t11-;/m1./s1. The van der Waals surface area contributed by atoms with Gasteiger partial charge in [-0.25, -0.2) is 0 Å². The Morgan fingerprint density at radius 1 is 1.26 bits per heavy atom. The minimum atomic E-state index is -0.396. The van der Waals surface area contributed by atoms with Gasteiger partial charge in [-0.05, 0) is 30.1 Å². The summed E-state index contributed by atoms with van der Waals surface area (Å²) in [4.78, 5) is 14.4. The molecule has 2 aliphatic heterocycles. The molecule has 0 aromatic carbocycles. The van der Waals surface area contributed by atoms with Crippen LogP contribution >= 0.6 is 12.4 Å². The molecule has 2 fully saturated rings. The molecule has 0 aromatic heterocycles. The summed E-state index contributed by atoms with van der Waals surface area (Å²) in [6.45, 7) is 9.49. The number of carbonyl (C=O) groups excluding carboxylic acids is 1. The van der Waals surface area contributed by atoms with Gasteiger partial charge < -0.3 is 15.4 Å². The maximum Gasteiger partial charge on any atom is 0.240 e. The molecular formula is C14H27ClN2O2. The number of rotatable bonds is 1. The van der Waals surface area contributed by atoms with E-state index in [-0.39, 0.29) is 23.7 Å². The van der Waals surface area contributed by atoms with Gasteiger partial charge in [0.05, 0.1) is 6.04 Å². The Hall–Kier alpha value is -0.320. The van der Waals surface area contributed by atoms with Crippen LogP contribution in [0.3, 0.4) is 0 Å². The van der Waals surface area contributed by atoms with Crippen LogP contribution in [-0.2, 0) is 9.53 Å². The van der Waals surface area contributed by atoms with E-state index in [1.807, 2.05) is 25.7 Å². The van der Waals surface area contributed by atoms with E-state index in [0.29, 0.717) is 5.41 Å². The maximum atomic E-state index is 12.4. The highest BCUT2D eigenvalue weighted by Crippen LogP contribution is 2.40. The van der Waals surface area contributed by atoms with Crippen molar-refractivity contribution in [2.24, 2.45) is 16.6 Å². The van der Waals surface area contributed by atoms with Gasteiger partial charge in [0, 0.05) is 26.3 Å². The zero-order valence-electron chi connectivity index (χ0n) is 12.3. The number of nitrogens with two attached hydrogens (primary N) is 1. The second-order valence-electron chi connectivity index (χ2n) is 6.97. The number of ether oxygens (including phenoxy) is 1. The molecule has 2 rings (SSSR count). The SMILES string of the molecule is CC(C)(C)[C@H](N)C(=O)N1CCC2(CCOCC2)C1.Cl. The summed E-state index contributed by atoms with van der Waals surface area (Å²) in [5, 5.41) is 0. The molecule has 112 valence electrons. The van der Waals surface area contributed by atoms with Crippen molar-refractivity contribution < 1.29 is 9.53 Å². The van der Waals surface area contributed by atoms with Gasteiger partial charge in [-0.15, -0.1) is 12.4 Å². The van der Waals surface area contributed by atoms with Crippen molar-refractivity contribution in [1.29, 1.82) is 0 Å². The largest absolute Gasteiger partial charge is 0.381 e. The zero-order chi connectivity index (χ0) is 13.4. The van der Waals surface area contributed by atoms with Crippen LogP contribution in [0, 0.1) is 10.8 Å². The van der Waals surface area contributed by atoms with Gasteiger partial charge in [0.15, 0.2) is 0 Å². The Morgan fingerprint density at radius 3 is 2.37 bits per heavy atom. The lowest BCUT2D eigenvalue weighted by Gasteiger charge is -2.34. The van der Waals surface area contributed by atoms with E-state index in [1.54, 1.807) is 0 Å². The fourth-order valence-corrected chi connectivity index (χ4v) is 2.90. The van der Waals surface area contributed by atoms with E-state index in [0.717, 1.165) is 45.6 Å². The van der Waals surface area contributed by atoms with Gasteiger partial charge in [-0.2, -0.15) is 0 Å². The van der Waals surface area contributed by atoms with Crippen molar-refractivity contribution in [3.8, 4) is 0 Å². The van der Waals surface area contributed by atoms with Crippen molar-refractivity contribution in [3.05, 3.63) is 0 Å². The van der Waals surface area contributed by atoms with E-state index in [4.69, 9.17) is 10.5 Å². The van der Waals surface area contributed by atoms with Crippen LogP contribution in [0.25, 0.3) is 0 Å². The van der Waals surface area contributed by atoms with Crippen molar-refractivity contribution in [1.82, 2.24) is 4.90 Å². The second kappa shape index (κ2) is 5.98. The third kappa shape index (κ3) is 3.61. The van der Waals surface area contributed by atoms with Crippen LogP contribution in [0.5, 0.6) is 0 Å². The lowest BCUT2D eigenvalue weighted by Crippen LogP contribution is -2.50. The normalized spacial score (nSPS) is 24.1. The maximum absolute atomic E-state index is 12.4. The second-order valence-corrected chi connectivity index (χ2v) is 6.97. The van der Waals surface area contributed by atoms with Crippen molar-refractivity contribution in [2.75, 3.05) is 26.3 Å². The number of amides is 1. The third-order valence-electron chi connectivity index (χ3n) is 4.50. The van der Waals surface area contributed by atoms with Crippen LogP contribution in [0.1, 0.15) is 40.0 Å². The van der Waals surface area contributed by atoms with E-state index in [1.165, 1.54) is 0 Å². The average Bonchev–Trinajstić information content (AvgIpc) is 2.71. The molecule has 1 amide bonds. The predicted octanol–water partition coefficient (Wildman–Crippen LogP) is 1.81. The molecule has 0 unspecified atom stereocenters. The molecule has 1 spiro atoms. The molecule has 2 N–H and O–H groups in total. The highest BCUT2D eigenvalue weighted by molar-refractivity contribution is 5.85. The van der Waals surface area contributed by atoms with E-state index >= 15 is 0 Å². The first-order valence-electron chi connectivity index (χ1n) is 6.96. The Balaban J connectivity index is 0.00000180. The quantitative estimate of drug-likeness (QED) is 0.801. The highest BCUT2D eigenvalue weighted by atomic mass is 35.5. The molecule has 0 aliphatic carbocycles. The molecule has 1 atom stereocenters. The number of nitrogens with zero attached hydrogens (tertiary/aromatic N) is 1. The van der Waals surface area contributed by atoms with E-state index in [9.17, 15) is 4.79 Å². The number of hydrogen-bond acceptors (Lipinski definition) is 3. The predicted molar refractivity (Wildman–Crippen MR) is 78.4 cm³/mol. The summed E-state index contributed by atoms with van der Waals surface area (Å²) in [6.07, 6.45) is 3.28. The average molecular weight is 291 g/mol. The summed E-state index contributed by atoms with van der Waals surface area (Å²) in [5.41, 5.74) is 6.22. The van der Waals surface area contributed by atoms with Crippen LogP contribution in [-0.4, -0.2) is 43.2 Å². The Labute approximate surface area is 122 Å². The third-order valence-corrected chi connectivity index (χ3v) is 4.50. The first kappa shape index (κ1) is 16.7. The molecule has 0 radical (unpaired) electrons. The van der Waals surface area contributed by atoms with Crippen LogP contribution in [0.2, 0.25) is 0 Å². The lowest BCUT2D eigenvalue weighted by molar-refractivity contribution is -0.134. The summed E-state index contributed by atoms with van der Waals surface area (Å²) in [7, 11) is 0. The lowest BCUT2D eigenvalue weighted by atomic mass is 9.79. The molecule has 2 aliphatic rings.